The van der Waals surface area contributed by atoms with Crippen LogP contribution >= 0.6 is 0 Å². The minimum atomic E-state index is -0.303. The Hall–Kier alpha value is -1.49. The number of nitrogens with zero attached hydrogens (tertiary/aromatic N) is 2. The molecule has 0 radical (unpaired) electrons. The van der Waals surface area contributed by atoms with E-state index >= 15 is 0 Å². The fourth-order valence-electron chi connectivity index (χ4n) is 2.74. The van der Waals surface area contributed by atoms with Crippen molar-refractivity contribution in [3.05, 3.63) is 18.0 Å². The van der Waals surface area contributed by atoms with E-state index in [0.717, 1.165) is 6.54 Å². The number of carbonyl (C=O) groups is 1. The molecule has 1 aromatic heterocycles. The molecule has 0 spiro atoms. The van der Waals surface area contributed by atoms with Gasteiger partial charge < -0.3 is 19.9 Å². The van der Waals surface area contributed by atoms with E-state index in [4.69, 9.17) is 10.5 Å². The zero-order chi connectivity index (χ0) is 14.2. The molecule has 1 aromatic rings. The molecule has 2 N–H and O–H groups in total. The van der Waals surface area contributed by atoms with E-state index < -0.39 is 0 Å². The molecule has 5 nitrogen and oxygen atoms in total. The zero-order valence-electron chi connectivity index (χ0n) is 12.1. The van der Waals surface area contributed by atoms with Crippen LogP contribution in [-0.2, 0) is 11.3 Å². The Morgan fingerprint density at radius 1 is 1.58 bits per heavy atom. The van der Waals surface area contributed by atoms with Crippen molar-refractivity contribution in [3.63, 3.8) is 0 Å². The second kappa shape index (κ2) is 4.89. The molecule has 2 rings (SSSR count). The highest BCUT2D eigenvalue weighted by Crippen LogP contribution is 2.23. The first-order valence-electron chi connectivity index (χ1n) is 6.75. The number of rotatable bonds is 2. The highest BCUT2D eigenvalue weighted by molar-refractivity contribution is 5.94. The molecule has 1 atom stereocenters. The molecule has 0 aliphatic carbocycles. The maximum atomic E-state index is 12.6. The maximum absolute atomic E-state index is 12.6. The summed E-state index contributed by atoms with van der Waals surface area (Å²) in [6.45, 7) is 9.98. The van der Waals surface area contributed by atoms with Crippen LogP contribution < -0.4 is 5.73 Å². The van der Waals surface area contributed by atoms with E-state index in [9.17, 15) is 4.79 Å². The molecule has 0 saturated carbocycles. The number of ether oxygens (including phenoxy) is 1. The zero-order valence-corrected chi connectivity index (χ0v) is 12.1. The number of aryl methyl sites for hydroxylation is 1. The van der Waals surface area contributed by atoms with Gasteiger partial charge in [-0.3, -0.25) is 4.79 Å². The number of nitrogen functional groups attached to an aromatic ring is 1. The average molecular weight is 265 g/mol. The minimum absolute atomic E-state index is 0.0294. The van der Waals surface area contributed by atoms with Crippen molar-refractivity contribution in [1.29, 1.82) is 0 Å². The van der Waals surface area contributed by atoms with Crippen molar-refractivity contribution in [1.82, 2.24) is 9.47 Å². The summed E-state index contributed by atoms with van der Waals surface area (Å²) in [6, 6.07) is 1.75. The third-order valence-electron chi connectivity index (χ3n) is 3.33. The molecule has 19 heavy (non-hydrogen) atoms. The van der Waals surface area contributed by atoms with Crippen LogP contribution in [0.4, 0.5) is 5.69 Å². The molecule has 5 heteroatoms. The van der Waals surface area contributed by atoms with Gasteiger partial charge in [0.05, 0.1) is 17.4 Å². The normalized spacial score (nSPS) is 22.5. The lowest BCUT2D eigenvalue weighted by atomic mass is 10.1. The van der Waals surface area contributed by atoms with Crippen molar-refractivity contribution in [2.45, 2.75) is 45.9 Å². The van der Waals surface area contributed by atoms with E-state index in [-0.39, 0.29) is 17.6 Å². The summed E-state index contributed by atoms with van der Waals surface area (Å²) in [4.78, 5) is 14.5. The number of anilines is 1. The lowest BCUT2D eigenvalue weighted by Gasteiger charge is -2.41. The highest BCUT2D eigenvalue weighted by Gasteiger charge is 2.34. The summed E-state index contributed by atoms with van der Waals surface area (Å²) in [7, 11) is 0. The average Bonchev–Trinajstić information content (AvgIpc) is 2.66. The quantitative estimate of drug-likeness (QED) is 0.886. The Balaban J connectivity index is 2.23. The van der Waals surface area contributed by atoms with Gasteiger partial charge >= 0.3 is 0 Å². The van der Waals surface area contributed by atoms with Crippen molar-refractivity contribution < 1.29 is 9.53 Å². The van der Waals surface area contributed by atoms with Gasteiger partial charge in [-0.25, -0.2) is 0 Å². The van der Waals surface area contributed by atoms with Gasteiger partial charge in [0.15, 0.2) is 0 Å². The fourth-order valence-corrected chi connectivity index (χ4v) is 2.74. The summed E-state index contributed by atoms with van der Waals surface area (Å²) < 4.78 is 7.72. The number of hydrogen-bond donors (Lipinski definition) is 1. The smallest absolute Gasteiger partial charge is 0.270 e. The predicted molar refractivity (Wildman–Crippen MR) is 75.0 cm³/mol. The number of hydrogen-bond acceptors (Lipinski definition) is 3. The Kier molecular flexibility index (Phi) is 3.58. The summed E-state index contributed by atoms with van der Waals surface area (Å²) >= 11 is 0. The largest absolute Gasteiger partial charge is 0.397 e. The van der Waals surface area contributed by atoms with Gasteiger partial charge in [0.25, 0.3) is 5.91 Å². The van der Waals surface area contributed by atoms with E-state index in [1.54, 1.807) is 6.07 Å². The van der Waals surface area contributed by atoms with Crippen molar-refractivity contribution >= 4 is 11.6 Å². The lowest BCUT2D eigenvalue weighted by Crippen LogP contribution is -2.54. The number of amides is 1. The molecule has 1 fully saturated rings. The van der Waals surface area contributed by atoms with Crippen LogP contribution in [0, 0.1) is 0 Å². The van der Waals surface area contributed by atoms with Crippen LogP contribution in [0.25, 0.3) is 0 Å². The maximum Gasteiger partial charge on any atom is 0.270 e. The summed E-state index contributed by atoms with van der Waals surface area (Å²) in [5.41, 5.74) is 6.77. The van der Waals surface area contributed by atoms with E-state index in [0.29, 0.717) is 24.5 Å². The molecule has 1 unspecified atom stereocenters. The van der Waals surface area contributed by atoms with Gasteiger partial charge in [-0.15, -0.1) is 0 Å². The standard InChI is InChI=1S/C14H23N3O2/c1-5-16-8-11(15)6-12(16)13(18)17-7-10(2)19-14(3,4)9-17/h6,8,10H,5,7,9,15H2,1-4H3. The number of morpholine rings is 1. The van der Waals surface area contributed by atoms with Crippen LogP contribution in [-0.4, -0.2) is 40.2 Å². The first kappa shape index (κ1) is 13.9. The SMILES string of the molecule is CCn1cc(N)cc1C(=O)N1CC(C)OC(C)(C)C1. The molecule has 0 aromatic carbocycles. The molecule has 1 aliphatic heterocycles. The summed E-state index contributed by atoms with van der Waals surface area (Å²) in [5.74, 6) is 0.0294. The number of aromatic nitrogens is 1. The van der Waals surface area contributed by atoms with E-state index in [1.807, 2.05) is 43.4 Å². The predicted octanol–water partition coefficient (Wildman–Crippen LogP) is 1.73. The second-order valence-electron chi connectivity index (χ2n) is 5.82. The van der Waals surface area contributed by atoms with Crippen molar-refractivity contribution in [3.8, 4) is 0 Å². The van der Waals surface area contributed by atoms with Gasteiger partial charge in [0.2, 0.25) is 0 Å². The first-order chi connectivity index (χ1) is 8.82. The monoisotopic (exact) mass is 265 g/mol. The number of nitrogens with two attached hydrogens (primary N) is 1. The van der Waals surface area contributed by atoms with Crippen LogP contribution in [0.2, 0.25) is 0 Å². The number of carbonyl (C=O) groups excluding carboxylic acids is 1. The molecular weight excluding hydrogens is 242 g/mol. The molecule has 0 bridgehead atoms. The molecule has 1 aliphatic rings. The molecule has 1 amide bonds. The van der Waals surface area contributed by atoms with Gasteiger partial charge in [0, 0.05) is 25.8 Å². The van der Waals surface area contributed by atoms with Crippen molar-refractivity contribution in [2.75, 3.05) is 18.8 Å². The van der Waals surface area contributed by atoms with Gasteiger partial charge in [-0.1, -0.05) is 0 Å². The molecular formula is C14H23N3O2. The Bertz CT molecular complexity index is 479. The van der Waals surface area contributed by atoms with Crippen LogP contribution in [0.5, 0.6) is 0 Å². The van der Waals surface area contributed by atoms with Crippen LogP contribution in [0.3, 0.4) is 0 Å². The minimum Gasteiger partial charge on any atom is -0.397 e. The summed E-state index contributed by atoms with van der Waals surface area (Å²) in [6.07, 6.45) is 1.86. The third kappa shape index (κ3) is 2.92. The van der Waals surface area contributed by atoms with Crippen LogP contribution in [0.15, 0.2) is 12.3 Å². The second-order valence-corrected chi connectivity index (χ2v) is 5.82. The fraction of sp³-hybridized carbons (Fsp3) is 0.643. The van der Waals surface area contributed by atoms with Gasteiger partial charge in [0.1, 0.15) is 5.69 Å². The third-order valence-corrected chi connectivity index (χ3v) is 3.33. The van der Waals surface area contributed by atoms with E-state index in [2.05, 4.69) is 0 Å². The Morgan fingerprint density at radius 2 is 2.26 bits per heavy atom. The van der Waals surface area contributed by atoms with Crippen molar-refractivity contribution in [2.24, 2.45) is 0 Å². The molecule has 1 saturated heterocycles. The first-order valence-corrected chi connectivity index (χ1v) is 6.75. The summed E-state index contributed by atoms with van der Waals surface area (Å²) in [5, 5.41) is 0. The van der Waals surface area contributed by atoms with Gasteiger partial charge in [-0.2, -0.15) is 0 Å². The molecule has 106 valence electrons. The molecule has 2 heterocycles. The van der Waals surface area contributed by atoms with Crippen LogP contribution in [0.1, 0.15) is 38.2 Å². The Labute approximate surface area is 114 Å². The lowest BCUT2D eigenvalue weighted by molar-refractivity contribution is -0.119. The van der Waals surface area contributed by atoms with Gasteiger partial charge in [-0.05, 0) is 33.8 Å². The van der Waals surface area contributed by atoms with E-state index in [1.165, 1.54) is 0 Å². The highest BCUT2D eigenvalue weighted by atomic mass is 16.5. The topological polar surface area (TPSA) is 60.5 Å². The Morgan fingerprint density at radius 3 is 2.84 bits per heavy atom.